The van der Waals surface area contributed by atoms with E-state index in [9.17, 15) is 0 Å². The van der Waals surface area contributed by atoms with Crippen molar-refractivity contribution in [2.45, 2.75) is 18.8 Å². The lowest BCUT2D eigenvalue weighted by molar-refractivity contribution is 0.280. The molecule has 0 spiro atoms. The molecule has 2 nitrogen and oxygen atoms in total. The minimum atomic E-state index is -0.106. The maximum atomic E-state index is 8.71. The summed E-state index contributed by atoms with van der Waals surface area (Å²) in [6, 6.07) is 10.2. The van der Waals surface area contributed by atoms with Crippen LogP contribution in [0, 0.1) is 11.3 Å². The Labute approximate surface area is 77.8 Å². The van der Waals surface area contributed by atoms with Gasteiger partial charge in [-0.25, -0.2) is 0 Å². The third-order valence-electron chi connectivity index (χ3n) is 2.55. The van der Waals surface area contributed by atoms with Crippen LogP contribution in [0.5, 0.6) is 5.75 Å². The zero-order chi connectivity index (χ0) is 9.31. The van der Waals surface area contributed by atoms with E-state index in [0.717, 1.165) is 11.3 Å². The maximum absolute atomic E-state index is 8.71. The first-order chi connectivity index (χ1) is 6.26. The first-order valence-electron chi connectivity index (χ1n) is 4.35. The second-order valence-corrected chi connectivity index (χ2v) is 3.68. The van der Waals surface area contributed by atoms with Crippen molar-refractivity contribution in [3.8, 4) is 11.8 Å². The smallest absolute Gasteiger partial charge is 0.123 e. The van der Waals surface area contributed by atoms with Crippen molar-refractivity contribution >= 4 is 0 Å². The lowest BCUT2D eigenvalue weighted by atomic mass is 9.82. The lowest BCUT2D eigenvalue weighted by Crippen LogP contribution is -2.22. The van der Waals surface area contributed by atoms with Crippen molar-refractivity contribution in [3.05, 3.63) is 29.8 Å². The SMILES string of the molecule is CC1(CC#N)COc2ccccc21. The Morgan fingerprint density at radius 2 is 2.31 bits per heavy atom. The highest BCUT2D eigenvalue weighted by Crippen LogP contribution is 2.40. The number of para-hydroxylation sites is 1. The van der Waals surface area contributed by atoms with Crippen LogP contribution in [-0.4, -0.2) is 6.61 Å². The average Bonchev–Trinajstić information content (AvgIpc) is 2.46. The first-order valence-corrected chi connectivity index (χ1v) is 4.35. The van der Waals surface area contributed by atoms with Gasteiger partial charge in [0, 0.05) is 17.4 Å². The Morgan fingerprint density at radius 1 is 1.54 bits per heavy atom. The molecule has 0 saturated heterocycles. The molecule has 0 aromatic heterocycles. The molecular formula is C11H11NO. The summed E-state index contributed by atoms with van der Waals surface area (Å²) in [4.78, 5) is 0. The molecule has 0 aliphatic carbocycles. The summed E-state index contributed by atoms with van der Waals surface area (Å²) in [5, 5.41) is 8.71. The molecule has 1 aromatic carbocycles. The van der Waals surface area contributed by atoms with Gasteiger partial charge in [0.05, 0.1) is 12.7 Å². The number of fused-ring (bicyclic) bond motifs is 1. The van der Waals surface area contributed by atoms with Gasteiger partial charge in [-0.3, -0.25) is 0 Å². The minimum absolute atomic E-state index is 0.106. The maximum Gasteiger partial charge on any atom is 0.123 e. The van der Waals surface area contributed by atoms with Crippen LogP contribution < -0.4 is 4.74 Å². The predicted molar refractivity (Wildman–Crippen MR) is 49.5 cm³/mol. The van der Waals surface area contributed by atoms with Gasteiger partial charge in [0.2, 0.25) is 0 Å². The second-order valence-electron chi connectivity index (χ2n) is 3.68. The number of rotatable bonds is 1. The molecule has 1 atom stereocenters. The van der Waals surface area contributed by atoms with Gasteiger partial charge < -0.3 is 4.74 Å². The third-order valence-corrected chi connectivity index (χ3v) is 2.55. The fraction of sp³-hybridized carbons (Fsp3) is 0.364. The van der Waals surface area contributed by atoms with Crippen LogP contribution in [0.4, 0.5) is 0 Å². The molecule has 0 N–H and O–H groups in total. The lowest BCUT2D eigenvalue weighted by Gasteiger charge is -2.17. The van der Waals surface area contributed by atoms with E-state index in [1.165, 1.54) is 0 Å². The minimum Gasteiger partial charge on any atom is -0.492 e. The Balaban J connectivity index is 2.44. The monoisotopic (exact) mass is 173 g/mol. The van der Waals surface area contributed by atoms with E-state index in [2.05, 4.69) is 13.0 Å². The van der Waals surface area contributed by atoms with Crippen molar-refractivity contribution in [1.29, 1.82) is 5.26 Å². The Morgan fingerprint density at radius 3 is 3.08 bits per heavy atom. The summed E-state index contributed by atoms with van der Waals surface area (Å²) >= 11 is 0. The van der Waals surface area contributed by atoms with E-state index < -0.39 is 0 Å². The second kappa shape index (κ2) is 2.77. The van der Waals surface area contributed by atoms with Crippen LogP contribution in [-0.2, 0) is 5.41 Å². The quantitative estimate of drug-likeness (QED) is 0.652. The van der Waals surface area contributed by atoms with Crippen LogP contribution in [0.3, 0.4) is 0 Å². The number of ether oxygens (including phenoxy) is 1. The Hall–Kier alpha value is -1.49. The molecule has 0 fully saturated rings. The third kappa shape index (κ3) is 1.17. The van der Waals surface area contributed by atoms with E-state index >= 15 is 0 Å². The van der Waals surface area contributed by atoms with Crippen LogP contribution in [0.15, 0.2) is 24.3 Å². The number of nitrogens with zero attached hydrogens (tertiary/aromatic N) is 1. The van der Waals surface area contributed by atoms with E-state index in [0.29, 0.717) is 13.0 Å². The number of hydrogen-bond donors (Lipinski definition) is 0. The molecule has 0 bridgehead atoms. The van der Waals surface area contributed by atoms with Gasteiger partial charge in [-0.05, 0) is 6.07 Å². The zero-order valence-electron chi connectivity index (χ0n) is 7.58. The normalized spacial score (nSPS) is 24.6. The average molecular weight is 173 g/mol. The molecule has 0 saturated carbocycles. The molecule has 2 rings (SSSR count). The summed E-state index contributed by atoms with van der Waals surface area (Å²) in [5.41, 5.74) is 1.06. The fourth-order valence-corrected chi connectivity index (χ4v) is 1.73. The van der Waals surface area contributed by atoms with Crippen LogP contribution in [0.25, 0.3) is 0 Å². The largest absolute Gasteiger partial charge is 0.492 e. The summed E-state index contributed by atoms with van der Waals surface area (Å²) in [7, 11) is 0. The fourth-order valence-electron chi connectivity index (χ4n) is 1.73. The van der Waals surface area contributed by atoms with Gasteiger partial charge in [-0.15, -0.1) is 0 Å². The summed E-state index contributed by atoms with van der Waals surface area (Å²) in [6.45, 7) is 2.70. The van der Waals surface area contributed by atoms with Gasteiger partial charge >= 0.3 is 0 Å². The molecule has 1 aliphatic rings. The predicted octanol–water partition coefficient (Wildman–Crippen LogP) is 2.25. The summed E-state index contributed by atoms with van der Waals surface area (Å²) in [6.07, 6.45) is 0.518. The van der Waals surface area contributed by atoms with Gasteiger partial charge in [-0.2, -0.15) is 5.26 Å². The molecule has 0 radical (unpaired) electrons. The van der Waals surface area contributed by atoms with Gasteiger partial charge in [0.1, 0.15) is 5.75 Å². The molecule has 1 aromatic rings. The molecule has 1 heterocycles. The van der Waals surface area contributed by atoms with Crippen molar-refractivity contribution in [1.82, 2.24) is 0 Å². The molecule has 0 amide bonds. The number of benzene rings is 1. The Kier molecular flexibility index (Phi) is 1.73. The van der Waals surface area contributed by atoms with Crippen LogP contribution in [0.2, 0.25) is 0 Å². The van der Waals surface area contributed by atoms with E-state index in [1.807, 2.05) is 24.3 Å². The standard InChI is InChI=1S/C11H11NO/c1-11(6-7-12)8-13-10-5-3-2-4-9(10)11/h2-5H,6,8H2,1H3. The molecule has 66 valence electrons. The topological polar surface area (TPSA) is 33.0 Å². The Bertz CT molecular complexity index is 367. The number of nitriles is 1. The molecule has 1 unspecified atom stereocenters. The van der Waals surface area contributed by atoms with Crippen molar-refractivity contribution in [2.24, 2.45) is 0 Å². The highest BCUT2D eigenvalue weighted by molar-refractivity contribution is 5.43. The van der Waals surface area contributed by atoms with E-state index in [1.54, 1.807) is 0 Å². The van der Waals surface area contributed by atoms with Crippen molar-refractivity contribution in [3.63, 3.8) is 0 Å². The first kappa shape index (κ1) is 8.12. The zero-order valence-corrected chi connectivity index (χ0v) is 7.58. The van der Waals surface area contributed by atoms with Crippen molar-refractivity contribution < 1.29 is 4.74 Å². The van der Waals surface area contributed by atoms with Crippen LogP contribution in [0.1, 0.15) is 18.9 Å². The van der Waals surface area contributed by atoms with Gasteiger partial charge in [-0.1, -0.05) is 25.1 Å². The summed E-state index contributed by atoms with van der Waals surface area (Å²) in [5.74, 6) is 0.931. The van der Waals surface area contributed by atoms with Gasteiger partial charge in [0.25, 0.3) is 0 Å². The van der Waals surface area contributed by atoms with E-state index in [-0.39, 0.29) is 5.41 Å². The summed E-state index contributed by atoms with van der Waals surface area (Å²) < 4.78 is 5.52. The molecule has 2 heteroatoms. The molecular weight excluding hydrogens is 162 g/mol. The van der Waals surface area contributed by atoms with Crippen LogP contribution >= 0.6 is 0 Å². The van der Waals surface area contributed by atoms with Gasteiger partial charge in [0.15, 0.2) is 0 Å². The van der Waals surface area contributed by atoms with E-state index in [4.69, 9.17) is 10.00 Å². The van der Waals surface area contributed by atoms with Crippen molar-refractivity contribution in [2.75, 3.05) is 6.61 Å². The molecule has 13 heavy (non-hydrogen) atoms. The number of hydrogen-bond acceptors (Lipinski definition) is 2. The highest BCUT2D eigenvalue weighted by atomic mass is 16.5. The molecule has 1 aliphatic heterocycles. The highest BCUT2D eigenvalue weighted by Gasteiger charge is 2.35.